The number of hydrogen-bond acceptors (Lipinski definition) is 2. The van der Waals surface area contributed by atoms with E-state index in [4.69, 9.17) is 0 Å². The van der Waals surface area contributed by atoms with E-state index < -0.39 is 0 Å². The maximum atomic E-state index is 12.1. The molecule has 0 bridgehead atoms. The Kier molecular flexibility index (Phi) is 5.14. The van der Waals surface area contributed by atoms with Crippen LogP contribution in [-0.4, -0.2) is 47.9 Å². The van der Waals surface area contributed by atoms with Gasteiger partial charge in [0.05, 0.1) is 0 Å². The van der Waals surface area contributed by atoms with Crippen LogP contribution in [0.2, 0.25) is 0 Å². The molecule has 0 aromatic heterocycles. The fraction of sp³-hybridized carbons (Fsp3) is 0.632. The zero-order valence-corrected chi connectivity index (χ0v) is 13.7. The van der Waals surface area contributed by atoms with E-state index in [1.807, 2.05) is 4.90 Å². The Morgan fingerprint density at radius 1 is 1.09 bits per heavy atom. The van der Waals surface area contributed by atoms with E-state index in [-0.39, 0.29) is 0 Å². The Morgan fingerprint density at radius 2 is 1.91 bits per heavy atom. The van der Waals surface area contributed by atoms with Gasteiger partial charge in [-0.05, 0) is 50.6 Å². The Balaban J connectivity index is 1.63. The van der Waals surface area contributed by atoms with Crippen LogP contribution in [0.25, 0.3) is 0 Å². The summed E-state index contributed by atoms with van der Waals surface area (Å²) in [6.07, 6.45) is 5.48. The molecule has 2 unspecified atom stereocenters. The molecule has 1 aromatic rings. The highest BCUT2D eigenvalue weighted by atomic mass is 16.2. The van der Waals surface area contributed by atoms with Crippen LogP contribution < -0.4 is 0 Å². The van der Waals surface area contributed by atoms with E-state index >= 15 is 0 Å². The van der Waals surface area contributed by atoms with Crippen molar-refractivity contribution in [1.82, 2.24) is 9.80 Å². The number of nitrogens with zero attached hydrogens (tertiary/aromatic N) is 2. The van der Waals surface area contributed by atoms with Gasteiger partial charge in [0, 0.05) is 32.1 Å². The lowest BCUT2D eigenvalue weighted by Gasteiger charge is -2.38. The lowest BCUT2D eigenvalue weighted by Crippen LogP contribution is -2.42. The molecule has 2 heterocycles. The molecule has 2 aliphatic rings. The summed E-state index contributed by atoms with van der Waals surface area (Å²) in [6, 6.07) is 11.5. The van der Waals surface area contributed by atoms with Crippen LogP contribution in [0.5, 0.6) is 0 Å². The van der Waals surface area contributed by atoms with Crippen LogP contribution in [0.3, 0.4) is 0 Å². The van der Waals surface area contributed by atoms with Crippen LogP contribution in [0.15, 0.2) is 30.3 Å². The predicted octanol–water partition coefficient (Wildman–Crippen LogP) is 3.27. The van der Waals surface area contributed by atoms with Crippen LogP contribution in [0.4, 0.5) is 0 Å². The third-order valence-corrected chi connectivity index (χ3v) is 5.40. The van der Waals surface area contributed by atoms with Gasteiger partial charge in [-0.3, -0.25) is 9.69 Å². The predicted molar refractivity (Wildman–Crippen MR) is 89.9 cm³/mol. The second-order valence-electron chi connectivity index (χ2n) is 6.70. The minimum Gasteiger partial charge on any atom is -0.343 e. The molecule has 2 atom stereocenters. The van der Waals surface area contributed by atoms with Crippen molar-refractivity contribution in [3.8, 4) is 0 Å². The fourth-order valence-corrected chi connectivity index (χ4v) is 4.06. The zero-order chi connectivity index (χ0) is 15.4. The fourth-order valence-electron chi connectivity index (χ4n) is 4.06. The smallest absolute Gasteiger partial charge is 0.222 e. The summed E-state index contributed by atoms with van der Waals surface area (Å²) in [5.41, 5.74) is 1.48. The number of rotatable bonds is 3. The summed E-state index contributed by atoms with van der Waals surface area (Å²) in [5, 5.41) is 0. The lowest BCUT2D eigenvalue weighted by molar-refractivity contribution is -0.130. The zero-order valence-electron chi connectivity index (χ0n) is 13.7. The number of piperidine rings is 1. The van der Waals surface area contributed by atoms with Crippen LogP contribution in [0.1, 0.15) is 50.5 Å². The highest BCUT2D eigenvalue weighted by molar-refractivity contribution is 5.76. The van der Waals surface area contributed by atoms with Crippen LogP contribution in [0, 0.1) is 0 Å². The molecule has 1 amide bonds. The monoisotopic (exact) mass is 300 g/mol. The molecule has 3 heteroatoms. The number of carbonyl (C=O) groups is 1. The van der Waals surface area contributed by atoms with Gasteiger partial charge in [-0.15, -0.1) is 0 Å². The van der Waals surface area contributed by atoms with Gasteiger partial charge in [-0.2, -0.15) is 0 Å². The van der Waals surface area contributed by atoms with E-state index in [2.05, 4.69) is 42.2 Å². The summed E-state index contributed by atoms with van der Waals surface area (Å²) in [6.45, 7) is 6.25. The van der Waals surface area contributed by atoms with Crippen molar-refractivity contribution in [3.05, 3.63) is 35.9 Å². The van der Waals surface area contributed by atoms with Gasteiger partial charge in [0.25, 0.3) is 0 Å². The first-order valence-electron chi connectivity index (χ1n) is 8.84. The van der Waals surface area contributed by atoms with Gasteiger partial charge < -0.3 is 4.90 Å². The largest absolute Gasteiger partial charge is 0.343 e. The van der Waals surface area contributed by atoms with Crippen molar-refractivity contribution >= 4 is 5.91 Å². The molecule has 0 spiro atoms. The number of likely N-dealkylation sites (tertiary alicyclic amines) is 2. The van der Waals surface area contributed by atoms with E-state index in [1.54, 1.807) is 0 Å². The van der Waals surface area contributed by atoms with Gasteiger partial charge in [-0.1, -0.05) is 30.3 Å². The number of hydrogen-bond donors (Lipinski definition) is 0. The molecule has 1 aromatic carbocycles. The molecule has 3 nitrogen and oxygen atoms in total. The number of carbonyl (C=O) groups excluding carboxylic acids is 1. The van der Waals surface area contributed by atoms with Crippen LogP contribution >= 0.6 is 0 Å². The van der Waals surface area contributed by atoms with Gasteiger partial charge in [0.15, 0.2) is 0 Å². The van der Waals surface area contributed by atoms with Gasteiger partial charge in [0.2, 0.25) is 5.91 Å². The molecule has 0 saturated carbocycles. The average molecular weight is 300 g/mol. The lowest BCUT2D eigenvalue weighted by atomic mass is 9.89. The van der Waals surface area contributed by atoms with Gasteiger partial charge >= 0.3 is 0 Å². The maximum absolute atomic E-state index is 12.1. The van der Waals surface area contributed by atoms with Crippen LogP contribution in [-0.2, 0) is 4.79 Å². The Bertz CT molecular complexity index is 487. The highest BCUT2D eigenvalue weighted by Crippen LogP contribution is 2.30. The molecule has 0 aliphatic carbocycles. The summed E-state index contributed by atoms with van der Waals surface area (Å²) in [4.78, 5) is 16.8. The minimum atomic E-state index is 0.349. The van der Waals surface area contributed by atoms with E-state index in [0.717, 1.165) is 38.9 Å². The molecule has 2 saturated heterocycles. The number of benzene rings is 1. The standard InChI is InChI=1S/C19H28N2O/c1-2-20-14-12-18(10-11-19(20)22)21-13-6-9-17(15-21)16-7-4-3-5-8-16/h3-5,7-8,17-18H,2,6,9-15H2,1H3. The normalized spacial score (nSPS) is 27.7. The highest BCUT2D eigenvalue weighted by Gasteiger charge is 2.29. The Hall–Kier alpha value is -1.35. The molecule has 2 fully saturated rings. The molecular formula is C19H28N2O. The van der Waals surface area contributed by atoms with Crippen molar-refractivity contribution in [1.29, 1.82) is 0 Å². The van der Waals surface area contributed by atoms with Crippen molar-refractivity contribution in [2.45, 2.75) is 51.0 Å². The molecule has 22 heavy (non-hydrogen) atoms. The number of amides is 1. The molecular weight excluding hydrogens is 272 g/mol. The minimum absolute atomic E-state index is 0.349. The first-order chi connectivity index (χ1) is 10.8. The van der Waals surface area contributed by atoms with E-state index in [0.29, 0.717) is 17.9 Å². The molecule has 2 aliphatic heterocycles. The van der Waals surface area contributed by atoms with Crippen molar-refractivity contribution < 1.29 is 4.79 Å². The average Bonchev–Trinajstić information content (AvgIpc) is 2.77. The second-order valence-corrected chi connectivity index (χ2v) is 6.70. The Morgan fingerprint density at radius 3 is 2.68 bits per heavy atom. The topological polar surface area (TPSA) is 23.6 Å². The quantitative estimate of drug-likeness (QED) is 0.855. The van der Waals surface area contributed by atoms with Crippen molar-refractivity contribution in [3.63, 3.8) is 0 Å². The summed E-state index contributed by atoms with van der Waals surface area (Å²) in [5.74, 6) is 1.01. The SMILES string of the molecule is CCN1CCC(N2CCCC(c3ccccc3)C2)CCC1=O. The van der Waals surface area contributed by atoms with Crippen molar-refractivity contribution in [2.75, 3.05) is 26.2 Å². The van der Waals surface area contributed by atoms with Gasteiger partial charge in [0.1, 0.15) is 0 Å². The maximum Gasteiger partial charge on any atom is 0.222 e. The van der Waals surface area contributed by atoms with Crippen molar-refractivity contribution in [2.24, 2.45) is 0 Å². The second kappa shape index (κ2) is 7.28. The summed E-state index contributed by atoms with van der Waals surface area (Å²) < 4.78 is 0. The third-order valence-electron chi connectivity index (χ3n) is 5.40. The Labute approximate surface area is 134 Å². The summed E-state index contributed by atoms with van der Waals surface area (Å²) in [7, 11) is 0. The molecule has 0 N–H and O–H groups in total. The first kappa shape index (κ1) is 15.5. The van der Waals surface area contributed by atoms with Gasteiger partial charge in [-0.25, -0.2) is 0 Å². The molecule has 0 radical (unpaired) electrons. The first-order valence-corrected chi connectivity index (χ1v) is 8.84. The summed E-state index contributed by atoms with van der Waals surface area (Å²) >= 11 is 0. The van der Waals surface area contributed by atoms with E-state index in [9.17, 15) is 4.79 Å². The molecule has 3 rings (SSSR count). The van der Waals surface area contributed by atoms with E-state index in [1.165, 1.54) is 24.9 Å². The third kappa shape index (κ3) is 3.52. The molecule has 120 valence electrons.